The molecular weight excluding hydrogens is 829 g/mol. The highest BCUT2D eigenvalue weighted by Crippen LogP contribution is 2.47. The number of hydrogen-bond acceptors (Lipinski definition) is 0. The van der Waals surface area contributed by atoms with Gasteiger partial charge in [0.05, 0.1) is 39.8 Å². The summed E-state index contributed by atoms with van der Waals surface area (Å²) in [6.07, 6.45) is 0. The highest BCUT2D eigenvalue weighted by Gasteiger charge is 2.20. The standard InChI is InChI=1S/C35H24.C34H22/c1-23-17-20-28-26(21-23)11-8-16-29(28)35-32-14-6-4-12-30(32)34(31-13-5-7-15-33(31)35)27-19-18-24-9-2-3-10-25(24)22-27;1-2-12-25-22-26(21-20-23(25)10-1)33-29-15-5-7-17-31(29)34(32-18-8-6-16-30(32)33)28-19-9-13-24-11-3-4-14-27(24)28/h2-22H,1H3;1-22H/i2D,3D,4D,5D,6D,7D,8D,9D,10D,11D,12D,13D,14D,15D,16D,17D,18D,19D,20D,21D,22D;5D,6D,7D,8D,15D,16D,17D,18D. The van der Waals surface area contributed by atoms with Crippen molar-refractivity contribution in [3.63, 3.8) is 0 Å². The summed E-state index contributed by atoms with van der Waals surface area (Å²) >= 11 is 0. The molecule has 322 valence electrons. The van der Waals surface area contributed by atoms with Crippen LogP contribution in [0.3, 0.4) is 0 Å². The molecule has 0 heteroatoms. The summed E-state index contributed by atoms with van der Waals surface area (Å²) in [5.74, 6) is 0. The predicted molar refractivity (Wildman–Crippen MR) is 299 cm³/mol. The second-order valence-corrected chi connectivity index (χ2v) is 16.1. The Balaban J connectivity index is 0.000000183. The molecule has 0 fully saturated rings. The molecule has 0 spiro atoms. The first-order valence-electron chi connectivity index (χ1n) is 36.1. The number of rotatable bonds is 4. The molecule has 0 aromatic heterocycles. The number of benzene rings is 14. The van der Waals surface area contributed by atoms with Crippen LogP contribution in [0.25, 0.3) is 131 Å². The van der Waals surface area contributed by atoms with Gasteiger partial charge < -0.3 is 0 Å². The largest absolute Gasteiger partial charge is 0.0636 e. The Morgan fingerprint density at radius 3 is 1.42 bits per heavy atom. The average molecular weight is 904 g/mol. The molecule has 0 aliphatic carbocycles. The molecule has 0 saturated heterocycles. The molecule has 14 rings (SSSR count). The van der Waals surface area contributed by atoms with Crippen molar-refractivity contribution in [3.8, 4) is 44.5 Å². The second kappa shape index (κ2) is 16.8. The van der Waals surface area contributed by atoms with Crippen molar-refractivity contribution >= 4 is 86.2 Å². The minimum atomic E-state index is -0.890. The van der Waals surface area contributed by atoms with Crippen LogP contribution in [-0.2, 0) is 0 Å². The minimum absolute atomic E-state index is 0.0561. The van der Waals surface area contributed by atoms with Crippen LogP contribution < -0.4 is 0 Å². The maximum absolute atomic E-state index is 9.34. The van der Waals surface area contributed by atoms with Crippen LogP contribution in [0.2, 0.25) is 0 Å². The molecule has 69 heavy (non-hydrogen) atoms. The predicted octanol–water partition coefficient (Wildman–Crippen LogP) is 19.6. The molecule has 0 unspecified atom stereocenters. The van der Waals surface area contributed by atoms with Gasteiger partial charge in [0.2, 0.25) is 0 Å². The Hall–Kier alpha value is -8.84. The van der Waals surface area contributed by atoms with E-state index in [1.54, 1.807) is 0 Å². The molecule has 0 heterocycles. The van der Waals surface area contributed by atoms with E-state index in [2.05, 4.69) is 0 Å². The van der Waals surface area contributed by atoms with Gasteiger partial charge in [0.25, 0.3) is 0 Å². The summed E-state index contributed by atoms with van der Waals surface area (Å²) in [4.78, 5) is 0. The maximum atomic E-state index is 9.34. The Morgan fingerprint density at radius 2 is 0.768 bits per heavy atom. The van der Waals surface area contributed by atoms with Gasteiger partial charge in [0.15, 0.2) is 0 Å². The Labute approximate surface area is 442 Å². The maximum Gasteiger partial charge on any atom is 0.0636 e. The summed E-state index contributed by atoms with van der Waals surface area (Å²) in [5, 5.41) is 0.184. The van der Waals surface area contributed by atoms with Crippen LogP contribution in [0.1, 0.15) is 45.3 Å². The lowest BCUT2D eigenvalue weighted by atomic mass is 9.84. The van der Waals surface area contributed by atoms with Crippen molar-refractivity contribution < 1.29 is 39.8 Å². The molecule has 0 aliphatic heterocycles. The normalized spacial score (nSPS) is 17.4. The fraction of sp³-hybridized carbons (Fsp3) is 0.0145. The van der Waals surface area contributed by atoms with E-state index in [1.165, 1.54) is 6.92 Å². The molecule has 0 aliphatic rings. The van der Waals surface area contributed by atoms with E-state index in [4.69, 9.17) is 32.9 Å². The molecule has 0 atom stereocenters. The minimum Gasteiger partial charge on any atom is -0.0616 e. The van der Waals surface area contributed by atoms with Gasteiger partial charge in [-0.2, -0.15) is 0 Å². The smallest absolute Gasteiger partial charge is 0.0616 e. The molecule has 14 aromatic rings. The molecule has 0 amide bonds. The zero-order valence-electron chi connectivity index (χ0n) is 65.1. The monoisotopic (exact) mass is 904 g/mol. The van der Waals surface area contributed by atoms with Crippen molar-refractivity contribution in [3.05, 3.63) is 266 Å². The summed E-state index contributed by atoms with van der Waals surface area (Å²) in [5.41, 5.74) is -0.500. The molecule has 0 bridgehead atoms. The lowest BCUT2D eigenvalue weighted by Crippen LogP contribution is -1.91. The summed E-state index contributed by atoms with van der Waals surface area (Å²) in [6.45, 7) is 1.34. The number of hydrogen-bond donors (Lipinski definition) is 0. The molecule has 14 aromatic carbocycles. The SMILES string of the molecule is [2H]c1c([2H])c([2H])c2c(-c3cccc4ccccc34)c3c([2H])c([2H])c([2H])c([2H])c3c(-c3ccc4ccccc4c3)c2c1[2H].[2H]c1c([2H])c([2H])c2c([2H])c(-c3c4c([2H])c([2H])c([2H])c([2H])c4c(-c4c([2H])c([2H])c([2H])c5c([2H])c(C)c([2H])c([2H])c45)c4c([2H])c([2H])c([2H])c([2H])c34)c([2H])c([2H])c2c1[2H]. The van der Waals surface area contributed by atoms with Crippen LogP contribution in [-0.4, -0.2) is 0 Å². The third-order valence-corrected chi connectivity index (χ3v) is 12.2. The van der Waals surface area contributed by atoms with E-state index < -0.39 is 211 Å². The molecule has 0 N–H and O–H groups in total. The van der Waals surface area contributed by atoms with Gasteiger partial charge in [-0.25, -0.2) is 0 Å². The molecular formula is C69H46. The van der Waals surface area contributed by atoms with Crippen molar-refractivity contribution in [1.29, 1.82) is 0 Å². The Bertz CT molecular complexity index is 5880. The van der Waals surface area contributed by atoms with E-state index in [1.807, 2.05) is 84.9 Å². The van der Waals surface area contributed by atoms with E-state index >= 15 is 0 Å². The fourth-order valence-corrected chi connectivity index (χ4v) is 9.19. The van der Waals surface area contributed by atoms with Crippen molar-refractivity contribution in [2.75, 3.05) is 0 Å². The Kier molecular flexibility index (Phi) is 5.01. The van der Waals surface area contributed by atoms with Crippen LogP contribution in [0, 0.1) is 6.92 Å². The summed E-state index contributed by atoms with van der Waals surface area (Å²) in [6, 6.07) is 7.41. The molecule has 0 radical (unpaired) electrons. The fourth-order valence-electron chi connectivity index (χ4n) is 9.19. The highest BCUT2D eigenvalue weighted by molar-refractivity contribution is 6.25. The van der Waals surface area contributed by atoms with Crippen LogP contribution >= 0.6 is 0 Å². The molecule has 0 nitrogen and oxygen atoms in total. The van der Waals surface area contributed by atoms with E-state index in [-0.39, 0.29) is 56.7 Å². The molecule has 0 saturated carbocycles. The lowest BCUT2D eigenvalue weighted by molar-refractivity contribution is 1.51. The van der Waals surface area contributed by atoms with Gasteiger partial charge in [-0.15, -0.1) is 0 Å². The third kappa shape index (κ3) is 6.92. The van der Waals surface area contributed by atoms with Crippen LogP contribution in [0.15, 0.2) is 260 Å². The van der Waals surface area contributed by atoms with Gasteiger partial charge in [0, 0.05) is 0 Å². The topological polar surface area (TPSA) is 0 Å². The van der Waals surface area contributed by atoms with Crippen LogP contribution in [0.5, 0.6) is 0 Å². The van der Waals surface area contributed by atoms with Gasteiger partial charge in [-0.3, -0.25) is 0 Å². The first kappa shape index (κ1) is 20.6. The summed E-state index contributed by atoms with van der Waals surface area (Å²) in [7, 11) is 0. The van der Waals surface area contributed by atoms with Gasteiger partial charge in [0.1, 0.15) is 0 Å². The van der Waals surface area contributed by atoms with Crippen LogP contribution in [0.4, 0.5) is 0 Å². The third-order valence-electron chi connectivity index (χ3n) is 12.2. The lowest BCUT2D eigenvalue weighted by Gasteiger charge is -2.19. The zero-order valence-corrected chi connectivity index (χ0v) is 36.1. The average Bonchev–Trinajstić information content (AvgIpc) is 0.693. The van der Waals surface area contributed by atoms with E-state index in [0.29, 0.717) is 22.3 Å². The van der Waals surface area contributed by atoms with Crippen molar-refractivity contribution in [1.82, 2.24) is 0 Å². The second-order valence-electron chi connectivity index (χ2n) is 16.1. The zero-order chi connectivity index (χ0) is 71.1. The van der Waals surface area contributed by atoms with Gasteiger partial charge >= 0.3 is 0 Å². The quantitative estimate of drug-likeness (QED) is 0.154. The summed E-state index contributed by atoms with van der Waals surface area (Å²) < 4.78 is 257. The first-order chi connectivity index (χ1) is 46.2. The van der Waals surface area contributed by atoms with Crippen molar-refractivity contribution in [2.24, 2.45) is 0 Å². The highest BCUT2D eigenvalue weighted by atomic mass is 14.2. The van der Waals surface area contributed by atoms with Gasteiger partial charge in [-0.1, -0.05) is 254 Å². The van der Waals surface area contributed by atoms with E-state index in [0.717, 1.165) is 21.5 Å². The van der Waals surface area contributed by atoms with E-state index in [9.17, 15) is 6.85 Å². The Morgan fingerprint density at radius 1 is 0.261 bits per heavy atom. The number of fused-ring (bicyclic) bond motifs is 8. The van der Waals surface area contributed by atoms with Gasteiger partial charge in [-0.05, 0) is 150 Å². The first-order valence-corrected chi connectivity index (χ1v) is 21.6. The van der Waals surface area contributed by atoms with Crippen molar-refractivity contribution in [2.45, 2.75) is 6.92 Å².